The molecule has 4 nitrogen and oxygen atoms in total. The molecule has 1 aliphatic heterocycles. The summed E-state index contributed by atoms with van der Waals surface area (Å²) in [5.74, 6) is -0.337. The van der Waals surface area contributed by atoms with Crippen molar-refractivity contribution in [3.8, 4) is 0 Å². The summed E-state index contributed by atoms with van der Waals surface area (Å²) >= 11 is 1.35. The van der Waals surface area contributed by atoms with Crippen molar-refractivity contribution < 1.29 is 9.59 Å². The minimum Gasteiger partial charge on any atom is -0.350 e. The van der Waals surface area contributed by atoms with Gasteiger partial charge in [-0.3, -0.25) is 9.59 Å². The van der Waals surface area contributed by atoms with Gasteiger partial charge in [0.2, 0.25) is 5.91 Å². The number of hydrogen-bond acceptors (Lipinski definition) is 3. The summed E-state index contributed by atoms with van der Waals surface area (Å²) < 4.78 is 0. The standard InChI is InChI=1S/C16H16N2O2S/c1-2-9-18-12-5-3-4-6-13(12)21-14(16(18)20)10-15(19)17-11-7-8-11/h2-6,10-11H,1,7-9H2,(H,17,19)/b14-10+. The predicted molar refractivity (Wildman–Crippen MR) is 84.1 cm³/mol. The number of fused-ring (bicyclic) bond motifs is 1. The lowest BCUT2D eigenvalue weighted by Crippen LogP contribution is -2.35. The average molecular weight is 300 g/mol. The molecule has 21 heavy (non-hydrogen) atoms. The summed E-state index contributed by atoms with van der Waals surface area (Å²) in [5, 5.41) is 2.87. The number of anilines is 1. The first-order chi connectivity index (χ1) is 10.2. The molecule has 0 spiro atoms. The monoisotopic (exact) mass is 300 g/mol. The van der Waals surface area contributed by atoms with Crippen LogP contribution in [0, 0.1) is 0 Å². The van der Waals surface area contributed by atoms with Crippen LogP contribution in [0.1, 0.15) is 12.8 Å². The smallest absolute Gasteiger partial charge is 0.265 e. The van der Waals surface area contributed by atoms with E-state index in [0.717, 1.165) is 23.4 Å². The third kappa shape index (κ3) is 3.03. The zero-order valence-electron chi connectivity index (χ0n) is 11.5. The average Bonchev–Trinajstić information content (AvgIpc) is 3.27. The molecule has 0 bridgehead atoms. The largest absolute Gasteiger partial charge is 0.350 e. The van der Waals surface area contributed by atoms with Crippen molar-refractivity contribution in [2.24, 2.45) is 0 Å². The first kappa shape index (κ1) is 13.9. The van der Waals surface area contributed by atoms with Crippen LogP contribution in [0.5, 0.6) is 0 Å². The van der Waals surface area contributed by atoms with Crippen LogP contribution in [-0.4, -0.2) is 24.4 Å². The van der Waals surface area contributed by atoms with Gasteiger partial charge in [0.1, 0.15) is 0 Å². The van der Waals surface area contributed by atoms with Crippen molar-refractivity contribution in [1.29, 1.82) is 0 Å². The molecule has 1 N–H and O–H groups in total. The molecule has 1 aliphatic carbocycles. The van der Waals surface area contributed by atoms with Gasteiger partial charge in [-0.05, 0) is 25.0 Å². The Morgan fingerprint density at radius 2 is 2.19 bits per heavy atom. The van der Waals surface area contributed by atoms with E-state index in [-0.39, 0.29) is 17.9 Å². The molecule has 5 heteroatoms. The molecule has 2 aliphatic rings. The van der Waals surface area contributed by atoms with E-state index in [9.17, 15) is 9.59 Å². The highest BCUT2D eigenvalue weighted by molar-refractivity contribution is 8.04. The van der Waals surface area contributed by atoms with E-state index >= 15 is 0 Å². The SMILES string of the molecule is C=CCN1C(=O)/C(=C\C(=O)NC2CC2)Sc2ccccc21. The molecule has 1 aromatic carbocycles. The van der Waals surface area contributed by atoms with E-state index in [1.54, 1.807) is 11.0 Å². The molecule has 0 unspecified atom stereocenters. The van der Waals surface area contributed by atoms with Crippen molar-refractivity contribution in [2.45, 2.75) is 23.8 Å². The Balaban J connectivity index is 1.89. The molecule has 0 saturated heterocycles. The highest BCUT2D eigenvalue weighted by Gasteiger charge is 2.29. The molecule has 1 heterocycles. The van der Waals surface area contributed by atoms with Gasteiger partial charge in [0, 0.05) is 23.6 Å². The van der Waals surface area contributed by atoms with Gasteiger partial charge in [-0.15, -0.1) is 6.58 Å². The van der Waals surface area contributed by atoms with Crippen molar-refractivity contribution in [3.63, 3.8) is 0 Å². The van der Waals surface area contributed by atoms with Gasteiger partial charge < -0.3 is 10.2 Å². The molecular weight excluding hydrogens is 284 g/mol. The van der Waals surface area contributed by atoms with Crippen LogP contribution in [0.2, 0.25) is 0 Å². The number of rotatable bonds is 4. The summed E-state index contributed by atoms with van der Waals surface area (Å²) in [6.45, 7) is 4.12. The lowest BCUT2D eigenvalue weighted by atomic mass is 10.2. The van der Waals surface area contributed by atoms with Gasteiger partial charge in [-0.2, -0.15) is 0 Å². The molecule has 3 rings (SSSR count). The van der Waals surface area contributed by atoms with E-state index < -0.39 is 0 Å². The molecule has 1 fully saturated rings. The molecule has 108 valence electrons. The first-order valence-electron chi connectivity index (χ1n) is 6.91. The summed E-state index contributed by atoms with van der Waals surface area (Å²) in [5.41, 5.74) is 0.868. The molecular formula is C16H16N2O2S. The van der Waals surface area contributed by atoms with Crippen LogP contribution in [0.3, 0.4) is 0 Å². The first-order valence-corrected chi connectivity index (χ1v) is 7.72. The van der Waals surface area contributed by atoms with Gasteiger partial charge in [0.05, 0.1) is 10.6 Å². The second kappa shape index (κ2) is 5.77. The maximum atomic E-state index is 12.5. The second-order valence-electron chi connectivity index (χ2n) is 5.07. The van der Waals surface area contributed by atoms with Crippen molar-refractivity contribution in [2.75, 3.05) is 11.4 Å². The quantitative estimate of drug-likeness (QED) is 0.686. The predicted octanol–water partition coefficient (Wildman–Crippen LogP) is 2.47. The Labute approximate surface area is 127 Å². The summed E-state index contributed by atoms with van der Waals surface area (Å²) in [4.78, 5) is 27.5. The Morgan fingerprint density at radius 1 is 1.43 bits per heavy atom. The van der Waals surface area contributed by atoms with E-state index in [1.165, 1.54) is 17.8 Å². The molecule has 1 saturated carbocycles. The lowest BCUT2D eigenvalue weighted by Gasteiger charge is -2.29. The van der Waals surface area contributed by atoms with Gasteiger partial charge in [0.15, 0.2) is 0 Å². The minimum atomic E-state index is -0.189. The molecule has 0 atom stereocenters. The van der Waals surface area contributed by atoms with Crippen molar-refractivity contribution in [1.82, 2.24) is 5.32 Å². The van der Waals surface area contributed by atoms with Gasteiger partial charge in [-0.25, -0.2) is 0 Å². The maximum Gasteiger partial charge on any atom is 0.265 e. The fourth-order valence-electron chi connectivity index (χ4n) is 2.16. The molecule has 0 aromatic heterocycles. The normalized spacial score (nSPS) is 19.3. The van der Waals surface area contributed by atoms with Crippen LogP contribution in [0.25, 0.3) is 0 Å². The highest BCUT2D eigenvalue weighted by Crippen LogP contribution is 2.41. The molecule has 0 radical (unpaired) electrons. The van der Waals surface area contributed by atoms with Crippen molar-refractivity contribution >= 4 is 29.3 Å². The number of amides is 2. The summed E-state index contributed by atoms with van der Waals surface area (Å²) in [6.07, 6.45) is 5.16. The number of nitrogens with zero attached hydrogens (tertiary/aromatic N) is 1. The lowest BCUT2D eigenvalue weighted by molar-refractivity contribution is -0.118. The van der Waals surface area contributed by atoms with E-state index in [4.69, 9.17) is 0 Å². The number of benzene rings is 1. The number of carbonyl (C=O) groups is 2. The Morgan fingerprint density at radius 3 is 2.90 bits per heavy atom. The number of thioether (sulfide) groups is 1. The van der Waals surface area contributed by atoms with E-state index in [1.807, 2.05) is 24.3 Å². The third-order valence-electron chi connectivity index (χ3n) is 3.33. The number of nitrogens with one attached hydrogen (secondary N) is 1. The number of para-hydroxylation sites is 1. The van der Waals surface area contributed by atoms with E-state index in [2.05, 4.69) is 11.9 Å². The van der Waals surface area contributed by atoms with Gasteiger partial charge in [-0.1, -0.05) is 30.0 Å². The zero-order valence-corrected chi connectivity index (χ0v) is 12.4. The number of carbonyl (C=O) groups excluding carboxylic acids is 2. The van der Waals surface area contributed by atoms with Crippen LogP contribution < -0.4 is 10.2 Å². The minimum absolute atomic E-state index is 0.149. The Bertz CT molecular complexity index is 635. The zero-order chi connectivity index (χ0) is 14.8. The van der Waals surface area contributed by atoms with E-state index in [0.29, 0.717) is 11.4 Å². The Kier molecular flexibility index (Phi) is 3.84. The van der Waals surface area contributed by atoms with Crippen LogP contribution in [0.15, 0.2) is 52.8 Å². The molecule has 2 amide bonds. The summed E-state index contributed by atoms with van der Waals surface area (Å²) in [7, 11) is 0. The second-order valence-corrected chi connectivity index (χ2v) is 6.15. The fourth-order valence-corrected chi connectivity index (χ4v) is 3.19. The molecule has 1 aromatic rings. The third-order valence-corrected chi connectivity index (χ3v) is 4.41. The van der Waals surface area contributed by atoms with Gasteiger partial charge in [0.25, 0.3) is 5.91 Å². The summed E-state index contributed by atoms with van der Waals surface area (Å²) in [6, 6.07) is 7.97. The Hall–Kier alpha value is -2.01. The van der Waals surface area contributed by atoms with Crippen LogP contribution >= 0.6 is 11.8 Å². The maximum absolute atomic E-state index is 12.5. The van der Waals surface area contributed by atoms with Crippen LogP contribution in [-0.2, 0) is 9.59 Å². The van der Waals surface area contributed by atoms with Crippen molar-refractivity contribution in [3.05, 3.63) is 47.9 Å². The highest BCUT2D eigenvalue weighted by atomic mass is 32.2. The number of hydrogen-bond donors (Lipinski definition) is 1. The van der Waals surface area contributed by atoms with Crippen LogP contribution in [0.4, 0.5) is 5.69 Å². The fraction of sp³-hybridized carbons (Fsp3) is 0.250. The van der Waals surface area contributed by atoms with Gasteiger partial charge >= 0.3 is 0 Å². The topological polar surface area (TPSA) is 49.4 Å².